The van der Waals surface area contributed by atoms with Gasteiger partial charge in [-0.3, -0.25) is 9.69 Å². The van der Waals surface area contributed by atoms with Crippen molar-refractivity contribution in [2.45, 2.75) is 25.6 Å². The molecule has 2 aliphatic heterocycles. The van der Waals surface area contributed by atoms with E-state index in [1.807, 2.05) is 36.1 Å². The minimum Gasteiger partial charge on any atom is -0.365 e. The number of carbonyl (C=O) groups excluding carboxylic acids is 1. The SMILES string of the molecule is CCN1C(=O)CO[C@@H]2CN(Cc3cccc(C#N)c3)C[C@H]21. The number of amides is 1. The van der Waals surface area contributed by atoms with E-state index in [0.29, 0.717) is 5.56 Å². The maximum Gasteiger partial charge on any atom is 0.248 e. The van der Waals surface area contributed by atoms with Gasteiger partial charge in [-0.1, -0.05) is 12.1 Å². The van der Waals surface area contributed by atoms with Gasteiger partial charge < -0.3 is 9.64 Å². The van der Waals surface area contributed by atoms with Crippen molar-refractivity contribution in [1.29, 1.82) is 5.26 Å². The van der Waals surface area contributed by atoms with Crippen LogP contribution in [-0.4, -0.2) is 54.1 Å². The Labute approximate surface area is 124 Å². The molecule has 1 amide bonds. The Balaban J connectivity index is 1.69. The smallest absolute Gasteiger partial charge is 0.248 e. The van der Waals surface area contributed by atoms with Crippen molar-refractivity contribution in [2.75, 3.05) is 26.2 Å². The molecular formula is C16H19N3O2. The molecule has 5 nitrogen and oxygen atoms in total. The summed E-state index contributed by atoms with van der Waals surface area (Å²) >= 11 is 0. The second-order valence-corrected chi connectivity index (χ2v) is 5.60. The minimum atomic E-state index is 0.0899. The maximum absolute atomic E-state index is 11.9. The lowest BCUT2D eigenvalue weighted by atomic mass is 10.1. The van der Waals surface area contributed by atoms with Crippen LogP contribution in [0.25, 0.3) is 0 Å². The molecule has 0 aliphatic carbocycles. The highest BCUT2D eigenvalue weighted by molar-refractivity contribution is 5.78. The Hall–Kier alpha value is -1.90. The molecule has 0 N–H and O–H groups in total. The van der Waals surface area contributed by atoms with Gasteiger partial charge in [-0.2, -0.15) is 5.26 Å². The van der Waals surface area contributed by atoms with Crippen molar-refractivity contribution in [1.82, 2.24) is 9.80 Å². The normalized spacial score (nSPS) is 25.7. The predicted octanol–water partition coefficient (Wildman–Crippen LogP) is 0.990. The summed E-state index contributed by atoms with van der Waals surface area (Å²) in [7, 11) is 0. The molecule has 5 heteroatoms. The van der Waals surface area contributed by atoms with E-state index in [9.17, 15) is 4.79 Å². The second-order valence-electron chi connectivity index (χ2n) is 5.60. The third-order valence-electron chi connectivity index (χ3n) is 4.26. The van der Waals surface area contributed by atoms with E-state index >= 15 is 0 Å². The van der Waals surface area contributed by atoms with Gasteiger partial charge in [0.1, 0.15) is 6.61 Å². The molecule has 2 heterocycles. The van der Waals surface area contributed by atoms with Crippen LogP contribution in [0.1, 0.15) is 18.1 Å². The summed E-state index contributed by atoms with van der Waals surface area (Å²) in [5.74, 6) is 0.0899. The highest BCUT2D eigenvalue weighted by Gasteiger charge is 2.42. The molecule has 1 aromatic rings. The van der Waals surface area contributed by atoms with Crippen LogP contribution in [-0.2, 0) is 16.1 Å². The fourth-order valence-electron chi connectivity index (χ4n) is 3.28. The Morgan fingerprint density at radius 2 is 2.29 bits per heavy atom. The molecule has 2 saturated heterocycles. The Bertz CT molecular complexity index is 581. The first-order valence-electron chi connectivity index (χ1n) is 7.33. The maximum atomic E-state index is 11.9. The molecule has 0 aromatic heterocycles. The van der Waals surface area contributed by atoms with Crippen LogP contribution >= 0.6 is 0 Å². The highest BCUT2D eigenvalue weighted by Crippen LogP contribution is 2.24. The standard InChI is InChI=1S/C16H19N3O2/c1-2-19-14-9-18(10-15(14)21-11-16(19)20)8-13-5-3-4-12(6-13)7-17/h3-6,14-15H,2,8-11H2,1H3/t14-,15-/m1/s1. The molecule has 3 rings (SSSR count). The van der Waals surface area contributed by atoms with Gasteiger partial charge in [0.05, 0.1) is 23.8 Å². The number of hydrogen-bond acceptors (Lipinski definition) is 4. The summed E-state index contributed by atoms with van der Waals surface area (Å²) in [6.07, 6.45) is 0.113. The number of likely N-dealkylation sites (N-methyl/N-ethyl adjacent to an activating group) is 1. The monoisotopic (exact) mass is 285 g/mol. The van der Waals surface area contributed by atoms with Crippen LogP contribution in [0.3, 0.4) is 0 Å². The molecule has 2 aliphatic rings. The van der Waals surface area contributed by atoms with E-state index < -0.39 is 0 Å². The van der Waals surface area contributed by atoms with Crippen molar-refractivity contribution >= 4 is 5.91 Å². The quantitative estimate of drug-likeness (QED) is 0.831. The van der Waals surface area contributed by atoms with E-state index in [4.69, 9.17) is 10.00 Å². The number of benzene rings is 1. The average molecular weight is 285 g/mol. The molecule has 0 radical (unpaired) electrons. The molecule has 110 valence electrons. The topological polar surface area (TPSA) is 56.6 Å². The van der Waals surface area contributed by atoms with E-state index in [-0.39, 0.29) is 24.7 Å². The number of carbonyl (C=O) groups is 1. The molecule has 0 saturated carbocycles. The van der Waals surface area contributed by atoms with Crippen molar-refractivity contribution in [3.8, 4) is 6.07 Å². The van der Waals surface area contributed by atoms with E-state index in [1.165, 1.54) is 0 Å². The molecule has 0 spiro atoms. The minimum absolute atomic E-state index is 0.0899. The average Bonchev–Trinajstić information content (AvgIpc) is 2.90. The van der Waals surface area contributed by atoms with Gasteiger partial charge in [0.2, 0.25) is 5.91 Å². The van der Waals surface area contributed by atoms with Gasteiger partial charge in [0, 0.05) is 26.2 Å². The van der Waals surface area contributed by atoms with Crippen LogP contribution in [0.5, 0.6) is 0 Å². The first kappa shape index (κ1) is 14.1. The van der Waals surface area contributed by atoms with Gasteiger partial charge in [0.25, 0.3) is 0 Å². The van der Waals surface area contributed by atoms with Gasteiger partial charge in [-0.05, 0) is 24.6 Å². The van der Waals surface area contributed by atoms with Crippen molar-refractivity contribution in [3.05, 3.63) is 35.4 Å². The molecule has 2 fully saturated rings. The van der Waals surface area contributed by atoms with Crippen molar-refractivity contribution in [2.24, 2.45) is 0 Å². The van der Waals surface area contributed by atoms with Gasteiger partial charge in [-0.25, -0.2) is 0 Å². The summed E-state index contributed by atoms with van der Waals surface area (Å²) in [6, 6.07) is 10.0. The zero-order chi connectivity index (χ0) is 14.8. The fraction of sp³-hybridized carbons (Fsp3) is 0.500. The number of ether oxygens (including phenoxy) is 1. The van der Waals surface area contributed by atoms with Gasteiger partial charge in [-0.15, -0.1) is 0 Å². The van der Waals surface area contributed by atoms with E-state index in [0.717, 1.165) is 31.7 Å². The number of rotatable bonds is 3. The first-order chi connectivity index (χ1) is 10.2. The number of likely N-dealkylation sites (tertiary alicyclic amines) is 1. The number of morpholine rings is 1. The predicted molar refractivity (Wildman–Crippen MR) is 77.3 cm³/mol. The number of hydrogen-bond donors (Lipinski definition) is 0. The third kappa shape index (κ3) is 2.78. The van der Waals surface area contributed by atoms with Crippen molar-refractivity contribution < 1.29 is 9.53 Å². The van der Waals surface area contributed by atoms with Crippen molar-refractivity contribution in [3.63, 3.8) is 0 Å². The first-order valence-corrected chi connectivity index (χ1v) is 7.33. The largest absolute Gasteiger partial charge is 0.365 e. The lowest BCUT2D eigenvalue weighted by molar-refractivity contribution is -0.152. The lowest BCUT2D eigenvalue weighted by Crippen LogP contribution is -2.53. The number of nitrogens with zero attached hydrogens (tertiary/aromatic N) is 3. The summed E-state index contributed by atoms with van der Waals surface area (Å²) in [5.41, 5.74) is 1.81. The third-order valence-corrected chi connectivity index (χ3v) is 4.26. The van der Waals surface area contributed by atoms with Crippen LogP contribution in [0, 0.1) is 11.3 Å². The Kier molecular flexibility index (Phi) is 3.91. The van der Waals surface area contributed by atoms with E-state index in [1.54, 1.807) is 0 Å². The molecular weight excluding hydrogens is 266 g/mol. The Morgan fingerprint density at radius 1 is 1.43 bits per heavy atom. The van der Waals surface area contributed by atoms with Crippen LogP contribution in [0.2, 0.25) is 0 Å². The molecule has 2 atom stereocenters. The van der Waals surface area contributed by atoms with Crippen LogP contribution < -0.4 is 0 Å². The second kappa shape index (κ2) is 5.84. The summed E-state index contributed by atoms with van der Waals surface area (Å²) < 4.78 is 5.67. The fourth-order valence-corrected chi connectivity index (χ4v) is 3.28. The van der Waals surface area contributed by atoms with E-state index in [2.05, 4.69) is 11.0 Å². The summed E-state index contributed by atoms with van der Waals surface area (Å²) in [6.45, 7) is 5.41. The zero-order valence-corrected chi connectivity index (χ0v) is 12.2. The molecule has 21 heavy (non-hydrogen) atoms. The molecule has 0 bridgehead atoms. The van der Waals surface area contributed by atoms with Gasteiger partial charge in [0.15, 0.2) is 0 Å². The number of fused-ring (bicyclic) bond motifs is 1. The summed E-state index contributed by atoms with van der Waals surface area (Å²) in [5, 5.41) is 8.96. The zero-order valence-electron chi connectivity index (χ0n) is 12.2. The van der Waals surface area contributed by atoms with Gasteiger partial charge >= 0.3 is 0 Å². The number of nitriles is 1. The lowest BCUT2D eigenvalue weighted by Gasteiger charge is -2.35. The van der Waals surface area contributed by atoms with Crippen LogP contribution in [0.15, 0.2) is 24.3 Å². The van der Waals surface area contributed by atoms with Crippen LogP contribution in [0.4, 0.5) is 0 Å². The summed E-state index contributed by atoms with van der Waals surface area (Å²) in [4.78, 5) is 16.1. The molecule has 0 unspecified atom stereocenters. The highest BCUT2D eigenvalue weighted by atomic mass is 16.5. The molecule has 1 aromatic carbocycles. The Morgan fingerprint density at radius 3 is 3.05 bits per heavy atom.